The smallest absolute Gasteiger partial charge is 0.236 e. The molecule has 1 aromatic rings. The first-order chi connectivity index (χ1) is 10.1. The lowest BCUT2D eigenvalue weighted by Crippen LogP contribution is -2.39. The van der Waals surface area contributed by atoms with Crippen molar-refractivity contribution in [3.63, 3.8) is 0 Å². The van der Waals surface area contributed by atoms with E-state index in [0.717, 1.165) is 25.9 Å². The topological polar surface area (TPSA) is 35.6 Å². The number of carbonyl (C=O) groups is 1. The van der Waals surface area contributed by atoms with E-state index in [9.17, 15) is 4.79 Å². The number of amides is 1. The van der Waals surface area contributed by atoms with Gasteiger partial charge in [0.15, 0.2) is 0 Å². The maximum absolute atomic E-state index is 12.2. The number of nitrogens with one attached hydrogen (secondary N) is 1. The molecule has 0 aromatic heterocycles. The van der Waals surface area contributed by atoms with Gasteiger partial charge in [0.05, 0.1) is 6.54 Å². The fourth-order valence-corrected chi connectivity index (χ4v) is 3.21. The van der Waals surface area contributed by atoms with Crippen molar-refractivity contribution in [2.75, 3.05) is 33.7 Å². The van der Waals surface area contributed by atoms with E-state index in [4.69, 9.17) is 0 Å². The van der Waals surface area contributed by atoms with Crippen molar-refractivity contribution in [1.29, 1.82) is 0 Å². The van der Waals surface area contributed by atoms with Gasteiger partial charge in [-0.05, 0) is 32.5 Å². The lowest BCUT2D eigenvalue weighted by Gasteiger charge is -2.20. The molecular weight excluding hydrogens is 333 g/mol. The van der Waals surface area contributed by atoms with Crippen LogP contribution in [0.2, 0.25) is 0 Å². The van der Waals surface area contributed by atoms with Crippen LogP contribution in [0.25, 0.3) is 0 Å². The minimum Gasteiger partial charge on any atom is -0.340 e. The molecule has 1 aliphatic carbocycles. The van der Waals surface area contributed by atoms with Gasteiger partial charge in [0.1, 0.15) is 0 Å². The zero-order chi connectivity index (χ0) is 14.8. The van der Waals surface area contributed by atoms with Crippen molar-refractivity contribution in [3.05, 3.63) is 35.9 Å². The van der Waals surface area contributed by atoms with Crippen molar-refractivity contribution >= 4 is 30.7 Å². The number of halogens is 2. The molecule has 1 saturated carbocycles. The summed E-state index contributed by atoms with van der Waals surface area (Å²) in [6, 6.07) is 11.6. The molecule has 130 valence electrons. The zero-order valence-corrected chi connectivity index (χ0v) is 15.4. The SMILES string of the molecule is CN(C)[C@H]1CCN(C(=O)CN[C@@H]2C[C@H]2c2ccccc2)C1.Cl.Cl. The highest BCUT2D eigenvalue weighted by atomic mass is 35.5. The average molecular weight is 360 g/mol. The van der Waals surface area contributed by atoms with Gasteiger partial charge in [0, 0.05) is 31.1 Å². The molecule has 1 saturated heterocycles. The Kier molecular flexibility index (Phi) is 7.81. The molecule has 0 bridgehead atoms. The number of hydrogen-bond donors (Lipinski definition) is 1. The second kappa shape index (κ2) is 8.88. The number of nitrogens with zero attached hydrogens (tertiary/aromatic N) is 2. The van der Waals surface area contributed by atoms with E-state index in [1.807, 2.05) is 11.0 Å². The number of likely N-dealkylation sites (tertiary alicyclic amines) is 1. The number of hydrogen-bond acceptors (Lipinski definition) is 3. The van der Waals surface area contributed by atoms with Crippen LogP contribution in [0.1, 0.15) is 24.3 Å². The highest BCUT2D eigenvalue weighted by Crippen LogP contribution is 2.40. The van der Waals surface area contributed by atoms with E-state index < -0.39 is 0 Å². The van der Waals surface area contributed by atoms with Gasteiger partial charge >= 0.3 is 0 Å². The van der Waals surface area contributed by atoms with E-state index in [-0.39, 0.29) is 30.7 Å². The Bertz CT molecular complexity index is 498. The summed E-state index contributed by atoms with van der Waals surface area (Å²) in [7, 11) is 4.18. The standard InChI is InChI=1S/C17H25N3O.2ClH/c1-19(2)14-8-9-20(12-14)17(21)11-18-16-10-15(16)13-6-4-3-5-7-13;;/h3-7,14-16,18H,8-12H2,1-2H3;2*1H/t14-,15-,16+;;/m0../s1. The molecule has 0 radical (unpaired) electrons. The second-order valence-electron chi connectivity index (χ2n) is 6.49. The molecule has 2 fully saturated rings. The van der Waals surface area contributed by atoms with Gasteiger partial charge in [-0.2, -0.15) is 0 Å². The van der Waals surface area contributed by atoms with E-state index in [1.54, 1.807) is 0 Å². The molecule has 0 unspecified atom stereocenters. The zero-order valence-electron chi connectivity index (χ0n) is 13.8. The number of benzene rings is 1. The Morgan fingerprint density at radius 2 is 1.96 bits per heavy atom. The first kappa shape index (κ1) is 20.2. The lowest BCUT2D eigenvalue weighted by molar-refractivity contribution is -0.129. The van der Waals surface area contributed by atoms with Crippen molar-refractivity contribution in [3.8, 4) is 0 Å². The van der Waals surface area contributed by atoms with Crippen molar-refractivity contribution in [2.45, 2.75) is 30.8 Å². The summed E-state index contributed by atoms with van der Waals surface area (Å²) in [5.41, 5.74) is 1.39. The normalized spacial score (nSPS) is 25.7. The quantitative estimate of drug-likeness (QED) is 0.874. The molecule has 3 rings (SSSR count). The molecule has 6 heteroatoms. The van der Waals surface area contributed by atoms with E-state index in [1.165, 1.54) is 5.56 Å². The Morgan fingerprint density at radius 3 is 2.57 bits per heavy atom. The van der Waals surface area contributed by atoms with Crippen LogP contribution < -0.4 is 5.32 Å². The first-order valence-electron chi connectivity index (χ1n) is 7.87. The van der Waals surface area contributed by atoms with Crippen molar-refractivity contribution in [2.24, 2.45) is 0 Å². The Hall–Kier alpha value is -0.810. The molecule has 1 N–H and O–H groups in total. The third-order valence-electron chi connectivity index (χ3n) is 4.78. The second-order valence-corrected chi connectivity index (χ2v) is 6.49. The Balaban J connectivity index is 0.00000132. The van der Waals surface area contributed by atoms with Crippen LogP contribution in [-0.4, -0.2) is 61.5 Å². The maximum atomic E-state index is 12.2. The van der Waals surface area contributed by atoms with Crippen LogP contribution >= 0.6 is 24.8 Å². The maximum Gasteiger partial charge on any atom is 0.236 e. The molecule has 0 spiro atoms. The highest BCUT2D eigenvalue weighted by Gasteiger charge is 2.38. The number of carbonyl (C=O) groups excluding carboxylic acids is 1. The minimum absolute atomic E-state index is 0. The molecule has 2 aliphatic rings. The largest absolute Gasteiger partial charge is 0.340 e. The Morgan fingerprint density at radius 1 is 1.26 bits per heavy atom. The van der Waals surface area contributed by atoms with E-state index in [0.29, 0.717) is 24.5 Å². The van der Waals surface area contributed by atoms with E-state index >= 15 is 0 Å². The van der Waals surface area contributed by atoms with Gasteiger partial charge in [0.25, 0.3) is 0 Å². The average Bonchev–Trinajstić information content (AvgIpc) is 3.09. The molecule has 3 atom stereocenters. The molecule has 1 aromatic carbocycles. The van der Waals surface area contributed by atoms with E-state index in [2.05, 4.69) is 48.6 Å². The predicted molar refractivity (Wildman–Crippen MR) is 98.8 cm³/mol. The van der Waals surface area contributed by atoms with Gasteiger partial charge < -0.3 is 15.1 Å². The van der Waals surface area contributed by atoms with Crippen LogP contribution in [0.3, 0.4) is 0 Å². The van der Waals surface area contributed by atoms with Crippen molar-refractivity contribution in [1.82, 2.24) is 15.1 Å². The van der Waals surface area contributed by atoms with Crippen LogP contribution in [-0.2, 0) is 4.79 Å². The summed E-state index contributed by atoms with van der Waals surface area (Å²) in [6.45, 7) is 2.25. The molecule has 23 heavy (non-hydrogen) atoms. The number of likely N-dealkylation sites (N-methyl/N-ethyl adjacent to an activating group) is 1. The van der Waals surface area contributed by atoms with Crippen LogP contribution in [0.4, 0.5) is 0 Å². The summed E-state index contributed by atoms with van der Waals surface area (Å²) in [6.07, 6.45) is 2.24. The lowest BCUT2D eigenvalue weighted by atomic mass is 10.1. The minimum atomic E-state index is 0. The summed E-state index contributed by atoms with van der Waals surface area (Å²) >= 11 is 0. The molecule has 1 amide bonds. The van der Waals surface area contributed by atoms with Crippen LogP contribution in [0, 0.1) is 0 Å². The van der Waals surface area contributed by atoms with Gasteiger partial charge in [-0.1, -0.05) is 30.3 Å². The van der Waals surface area contributed by atoms with Gasteiger partial charge in [0.2, 0.25) is 5.91 Å². The van der Waals surface area contributed by atoms with Crippen LogP contribution in [0.5, 0.6) is 0 Å². The molecular formula is C17H27Cl2N3O. The summed E-state index contributed by atoms with van der Waals surface area (Å²) in [4.78, 5) is 16.4. The Labute approximate surface area is 151 Å². The molecule has 1 heterocycles. The number of rotatable bonds is 5. The summed E-state index contributed by atoms with van der Waals surface area (Å²) in [5.74, 6) is 0.838. The predicted octanol–water partition coefficient (Wildman–Crippen LogP) is 2.14. The third kappa shape index (κ3) is 5.08. The molecule has 1 aliphatic heterocycles. The third-order valence-corrected chi connectivity index (χ3v) is 4.78. The fourth-order valence-electron chi connectivity index (χ4n) is 3.21. The first-order valence-corrected chi connectivity index (χ1v) is 7.87. The highest BCUT2D eigenvalue weighted by molar-refractivity contribution is 5.85. The van der Waals surface area contributed by atoms with Crippen LogP contribution in [0.15, 0.2) is 30.3 Å². The molecule has 4 nitrogen and oxygen atoms in total. The van der Waals surface area contributed by atoms with Gasteiger partial charge in [-0.3, -0.25) is 4.79 Å². The van der Waals surface area contributed by atoms with Crippen molar-refractivity contribution < 1.29 is 4.79 Å². The fraction of sp³-hybridized carbons (Fsp3) is 0.588. The van der Waals surface area contributed by atoms with Gasteiger partial charge in [-0.15, -0.1) is 24.8 Å². The van der Waals surface area contributed by atoms with Gasteiger partial charge in [-0.25, -0.2) is 0 Å². The summed E-state index contributed by atoms with van der Waals surface area (Å²) < 4.78 is 0. The monoisotopic (exact) mass is 359 g/mol. The summed E-state index contributed by atoms with van der Waals surface area (Å²) in [5, 5.41) is 3.42.